The average molecular weight is 242 g/mol. The predicted octanol–water partition coefficient (Wildman–Crippen LogP) is -0.860. The number of carbonyl (C=O) groups excluding carboxylic acids is 2. The highest BCUT2D eigenvalue weighted by molar-refractivity contribution is 5.86. The fourth-order valence-electron chi connectivity index (χ4n) is 1.95. The molecule has 1 aliphatic heterocycles. The van der Waals surface area contributed by atoms with Crippen molar-refractivity contribution in [3.8, 4) is 0 Å². The lowest BCUT2D eigenvalue weighted by atomic mass is 10.3. The van der Waals surface area contributed by atoms with Gasteiger partial charge in [-0.2, -0.15) is 0 Å². The minimum Gasteiger partial charge on any atom is -0.466 e. The van der Waals surface area contributed by atoms with Gasteiger partial charge in [0.1, 0.15) is 0 Å². The van der Waals surface area contributed by atoms with Gasteiger partial charge in [-0.05, 0) is 0 Å². The van der Waals surface area contributed by atoms with Crippen LogP contribution in [0.4, 0.5) is 0 Å². The summed E-state index contributed by atoms with van der Waals surface area (Å²) in [5.41, 5.74) is -0.972. The van der Waals surface area contributed by atoms with Gasteiger partial charge >= 0.3 is 11.9 Å². The molecule has 0 radical (unpaired) electrons. The summed E-state index contributed by atoms with van der Waals surface area (Å²) in [6.07, 6.45) is 1.15. The zero-order valence-electron chi connectivity index (χ0n) is 10.0. The van der Waals surface area contributed by atoms with E-state index >= 15 is 0 Å². The predicted molar refractivity (Wildman–Crippen MR) is 59.4 cm³/mol. The molecule has 0 aromatic carbocycles. The molecule has 0 amide bonds. The molecule has 0 aromatic rings. The molecule has 2 fully saturated rings. The van der Waals surface area contributed by atoms with E-state index in [-0.39, 0.29) is 12.5 Å². The van der Waals surface area contributed by atoms with Crippen LogP contribution in [0.5, 0.6) is 0 Å². The third-order valence-electron chi connectivity index (χ3n) is 3.13. The molecule has 1 heterocycles. The van der Waals surface area contributed by atoms with E-state index in [1.54, 1.807) is 0 Å². The van der Waals surface area contributed by atoms with Gasteiger partial charge in [-0.1, -0.05) is 0 Å². The lowest BCUT2D eigenvalue weighted by Crippen LogP contribution is -2.46. The van der Waals surface area contributed by atoms with Crippen molar-refractivity contribution in [2.45, 2.75) is 18.4 Å². The molecule has 6 nitrogen and oxygen atoms in total. The number of ether oxygens (including phenoxy) is 2. The van der Waals surface area contributed by atoms with E-state index in [0.717, 1.165) is 26.2 Å². The minimum atomic E-state index is -0.972. The topological polar surface area (TPSA) is 67.9 Å². The number of nitrogens with zero attached hydrogens (tertiary/aromatic N) is 1. The highest BCUT2D eigenvalue weighted by Gasteiger charge is 2.55. The Morgan fingerprint density at radius 1 is 1.29 bits per heavy atom. The zero-order valence-corrected chi connectivity index (χ0v) is 10.0. The zero-order chi connectivity index (χ0) is 12.3. The number of carbonyl (C=O) groups is 2. The monoisotopic (exact) mass is 242 g/mol. The van der Waals surface area contributed by atoms with Crippen LogP contribution < -0.4 is 5.32 Å². The number of piperazine rings is 1. The van der Waals surface area contributed by atoms with Crippen molar-refractivity contribution in [3.63, 3.8) is 0 Å². The number of nitrogens with one attached hydrogen (secondary N) is 1. The van der Waals surface area contributed by atoms with Crippen molar-refractivity contribution in [2.24, 2.45) is 0 Å². The Morgan fingerprint density at radius 2 is 1.94 bits per heavy atom. The lowest BCUT2D eigenvalue weighted by Gasteiger charge is -2.26. The van der Waals surface area contributed by atoms with Crippen LogP contribution in [-0.2, 0) is 19.1 Å². The summed E-state index contributed by atoms with van der Waals surface area (Å²) >= 11 is 0. The summed E-state index contributed by atoms with van der Waals surface area (Å²) in [5.74, 6) is -0.777. The molecule has 0 atom stereocenters. The third-order valence-corrected chi connectivity index (χ3v) is 3.13. The molecular formula is C11H18N2O4. The van der Waals surface area contributed by atoms with Gasteiger partial charge in [0.05, 0.1) is 13.7 Å². The van der Waals surface area contributed by atoms with Gasteiger partial charge in [0.15, 0.2) is 0 Å². The molecular weight excluding hydrogens is 224 g/mol. The minimum absolute atomic E-state index is 0.250. The Balaban J connectivity index is 1.79. The highest BCUT2D eigenvalue weighted by Crippen LogP contribution is 2.40. The van der Waals surface area contributed by atoms with E-state index in [0.29, 0.717) is 12.8 Å². The van der Waals surface area contributed by atoms with Gasteiger partial charge in [0.2, 0.25) is 5.60 Å². The summed E-state index contributed by atoms with van der Waals surface area (Å²) in [6, 6.07) is 0. The van der Waals surface area contributed by atoms with Crippen LogP contribution in [0.1, 0.15) is 12.8 Å². The van der Waals surface area contributed by atoms with Gasteiger partial charge in [0.25, 0.3) is 0 Å². The van der Waals surface area contributed by atoms with Crippen molar-refractivity contribution in [1.29, 1.82) is 0 Å². The highest BCUT2D eigenvalue weighted by atomic mass is 16.6. The summed E-state index contributed by atoms with van der Waals surface area (Å²) in [6.45, 7) is 3.69. The standard InChI is InChI=1S/C11H18N2O4/c1-16-10(15)11(2-3-11)17-9(14)8-13-6-4-12-5-7-13/h12H,2-8H2,1H3. The summed E-state index contributed by atoms with van der Waals surface area (Å²) in [4.78, 5) is 25.1. The van der Waals surface area contributed by atoms with E-state index in [2.05, 4.69) is 10.1 Å². The van der Waals surface area contributed by atoms with Crippen LogP contribution in [0, 0.1) is 0 Å². The van der Waals surface area contributed by atoms with Gasteiger partial charge in [-0.25, -0.2) is 4.79 Å². The molecule has 1 saturated carbocycles. The molecule has 17 heavy (non-hydrogen) atoms. The lowest BCUT2D eigenvalue weighted by molar-refractivity contribution is -0.170. The Labute approximate surface area is 100 Å². The van der Waals surface area contributed by atoms with E-state index in [1.807, 2.05) is 4.90 Å². The number of methoxy groups -OCH3 is 1. The Bertz CT molecular complexity index is 309. The molecule has 0 unspecified atom stereocenters. The van der Waals surface area contributed by atoms with Crippen LogP contribution in [-0.4, -0.2) is 62.3 Å². The van der Waals surface area contributed by atoms with Crippen LogP contribution >= 0.6 is 0 Å². The van der Waals surface area contributed by atoms with Gasteiger partial charge in [-0.3, -0.25) is 9.69 Å². The average Bonchev–Trinajstić information content (AvgIpc) is 3.10. The van der Waals surface area contributed by atoms with Crippen molar-refractivity contribution in [2.75, 3.05) is 39.8 Å². The second-order valence-corrected chi connectivity index (χ2v) is 4.49. The maximum atomic E-state index is 11.7. The normalized spacial score (nSPS) is 22.9. The Morgan fingerprint density at radius 3 is 2.47 bits per heavy atom. The maximum Gasteiger partial charge on any atom is 0.350 e. The molecule has 2 aliphatic rings. The first-order valence-electron chi connectivity index (χ1n) is 5.90. The van der Waals surface area contributed by atoms with Crippen molar-refractivity contribution in [3.05, 3.63) is 0 Å². The second kappa shape index (κ2) is 5.01. The Kier molecular flexibility index (Phi) is 3.63. The van der Waals surface area contributed by atoms with E-state index in [4.69, 9.17) is 4.74 Å². The van der Waals surface area contributed by atoms with Crippen molar-refractivity contribution >= 4 is 11.9 Å². The molecule has 1 N–H and O–H groups in total. The van der Waals surface area contributed by atoms with Gasteiger partial charge in [-0.15, -0.1) is 0 Å². The summed E-state index contributed by atoms with van der Waals surface area (Å²) in [7, 11) is 1.31. The van der Waals surface area contributed by atoms with Crippen LogP contribution in [0.2, 0.25) is 0 Å². The van der Waals surface area contributed by atoms with Crippen LogP contribution in [0.15, 0.2) is 0 Å². The maximum absolute atomic E-state index is 11.7. The first-order chi connectivity index (χ1) is 8.16. The second-order valence-electron chi connectivity index (χ2n) is 4.49. The van der Waals surface area contributed by atoms with Crippen LogP contribution in [0.3, 0.4) is 0 Å². The molecule has 0 bridgehead atoms. The van der Waals surface area contributed by atoms with E-state index < -0.39 is 11.6 Å². The fourth-order valence-corrected chi connectivity index (χ4v) is 1.95. The smallest absolute Gasteiger partial charge is 0.350 e. The first-order valence-corrected chi connectivity index (χ1v) is 5.90. The van der Waals surface area contributed by atoms with Crippen LogP contribution in [0.25, 0.3) is 0 Å². The molecule has 0 spiro atoms. The summed E-state index contributed by atoms with van der Waals surface area (Å²) < 4.78 is 9.86. The number of rotatable bonds is 4. The van der Waals surface area contributed by atoms with E-state index in [1.165, 1.54) is 7.11 Å². The SMILES string of the molecule is COC(=O)C1(OC(=O)CN2CCNCC2)CC1. The van der Waals surface area contributed by atoms with Crippen molar-refractivity contribution < 1.29 is 19.1 Å². The number of hydrogen-bond acceptors (Lipinski definition) is 6. The molecule has 1 aliphatic carbocycles. The fraction of sp³-hybridized carbons (Fsp3) is 0.818. The molecule has 6 heteroatoms. The first kappa shape index (κ1) is 12.3. The van der Waals surface area contributed by atoms with Gasteiger partial charge < -0.3 is 14.8 Å². The molecule has 0 aromatic heterocycles. The molecule has 1 saturated heterocycles. The largest absolute Gasteiger partial charge is 0.466 e. The third kappa shape index (κ3) is 2.95. The van der Waals surface area contributed by atoms with Crippen molar-refractivity contribution in [1.82, 2.24) is 10.2 Å². The molecule has 96 valence electrons. The van der Waals surface area contributed by atoms with E-state index in [9.17, 15) is 9.59 Å². The summed E-state index contributed by atoms with van der Waals surface area (Å²) in [5, 5.41) is 3.21. The number of esters is 2. The molecule has 2 rings (SSSR count). The number of hydrogen-bond donors (Lipinski definition) is 1. The quantitative estimate of drug-likeness (QED) is 0.647. The van der Waals surface area contributed by atoms with Gasteiger partial charge in [0, 0.05) is 39.0 Å². The Hall–Kier alpha value is -1.14.